The van der Waals surface area contributed by atoms with E-state index in [-0.39, 0.29) is 12.5 Å². The van der Waals surface area contributed by atoms with Gasteiger partial charge in [-0.3, -0.25) is 25.2 Å². The van der Waals surface area contributed by atoms with Crippen LogP contribution in [0.5, 0.6) is 0 Å². The Morgan fingerprint density at radius 2 is 2.10 bits per heavy atom. The maximum Gasteiger partial charge on any atom is 0.269 e. The summed E-state index contributed by atoms with van der Waals surface area (Å²) in [4.78, 5) is 36.1. The fourth-order valence-electron chi connectivity index (χ4n) is 1.91. The molecule has 1 aromatic rings. The first kappa shape index (κ1) is 14.3. The number of hydrogen-bond acceptors (Lipinski definition) is 3. The van der Waals surface area contributed by atoms with Gasteiger partial charge in [-0.2, -0.15) is 0 Å². The summed E-state index contributed by atoms with van der Waals surface area (Å²) < 4.78 is 0. The number of likely N-dealkylation sites (tertiary alicyclic amines) is 1. The molecule has 106 valence electrons. The van der Waals surface area contributed by atoms with Gasteiger partial charge in [-0.05, 0) is 24.6 Å². The Bertz CT molecular complexity index is 547. The smallest absolute Gasteiger partial charge is 0.269 e. The minimum atomic E-state index is -0.464. The van der Waals surface area contributed by atoms with Crippen molar-refractivity contribution < 1.29 is 14.4 Å². The lowest BCUT2D eigenvalue weighted by Gasteiger charge is -2.15. The standard InChI is InChI=1S/C13H14ClN3O3/c14-10-4-1-3-9(7-10)13(20)16-15-11(18)8-17-6-2-5-12(17)19/h1,3-4,7H,2,5-6,8H2,(H,15,18)(H,16,20). The average molecular weight is 296 g/mol. The first-order chi connectivity index (χ1) is 9.56. The highest BCUT2D eigenvalue weighted by atomic mass is 35.5. The van der Waals surface area contributed by atoms with Gasteiger partial charge in [0.05, 0.1) is 0 Å². The van der Waals surface area contributed by atoms with Gasteiger partial charge in [0.1, 0.15) is 6.54 Å². The molecule has 7 heteroatoms. The van der Waals surface area contributed by atoms with Crippen LogP contribution in [0.4, 0.5) is 0 Å². The fourth-order valence-corrected chi connectivity index (χ4v) is 2.10. The van der Waals surface area contributed by atoms with Crippen molar-refractivity contribution >= 4 is 29.3 Å². The van der Waals surface area contributed by atoms with E-state index in [0.717, 1.165) is 6.42 Å². The predicted octanol–water partition coefficient (Wildman–Crippen LogP) is 0.723. The van der Waals surface area contributed by atoms with Crippen molar-refractivity contribution in [2.75, 3.05) is 13.1 Å². The van der Waals surface area contributed by atoms with Gasteiger partial charge in [0.25, 0.3) is 11.8 Å². The van der Waals surface area contributed by atoms with Gasteiger partial charge in [-0.15, -0.1) is 0 Å². The monoisotopic (exact) mass is 295 g/mol. The molecule has 0 atom stereocenters. The largest absolute Gasteiger partial charge is 0.333 e. The van der Waals surface area contributed by atoms with E-state index in [1.807, 2.05) is 0 Å². The van der Waals surface area contributed by atoms with E-state index in [1.165, 1.54) is 11.0 Å². The van der Waals surface area contributed by atoms with Crippen molar-refractivity contribution in [2.45, 2.75) is 12.8 Å². The third kappa shape index (κ3) is 3.71. The minimum absolute atomic E-state index is 0.0404. The van der Waals surface area contributed by atoms with Crippen LogP contribution in [-0.2, 0) is 9.59 Å². The highest BCUT2D eigenvalue weighted by Gasteiger charge is 2.22. The predicted molar refractivity (Wildman–Crippen MR) is 72.9 cm³/mol. The first-order valence-corrected chi connectivity index (χ1v) is 6.56. The van der Waals surface area contributed by atoms with E-state index in [4.69, 9.17) is 11.6 Å². The number of nitrogens with one attached hydrogen (secondary N) is 2. The van der Waals surface area contributed by atoms with Crippen molar-refractivity contribution in [1.29, 1.82) is 0 Å². The second-order valence-corrected chi connectivity index (χ2v) is 4.87. The van der Waals surface area contributed by atoms with Gasteiger partial charge in [0, 0.05) is 23.6 Å². The third-order valence-electron chi connectivity index (χ3n) is 2.91. The quantitative estimate of drug-likeness (QED) is 0.807. The number of hydrogen-bond donors (Lipinski definition) is 2. The summed E-state index contributed by atoms with van der Waals surface area (Å²) in [5.74, 6) is -0.939. The van der Waals surface area contributed by atoms with Gasteiger partial charge in [0.15, 0.2) is 0 Å². The molecule has 1 fully saturated rings. The Hall–Kier alpha value is -2.08. The molecule has 1 aliphatic rings. The summed E-state index contributed by atoms with van der Waals surface area (Å²) in [6, 6.07) is 6.36. The van der Waals surface area contributed by atoms with Crippen LogP contribution in [-0.4, -0.2) is 35.7 Å². The summed E-state index contributed by atoms with van der Waals surface area (Å²) in [6.07, 6.45) is 1.24. The Morgan fingerprint density at radius 3 is 2.75 bits per heavy atom. The van der Waals surface area contributed by atoms with Crippen LogP contribution in [0, 0.1) is 0 Å². The van der Waals surface area contributed by atoms with Crippen LogP contribution < -0.4 is 10.9 Å². The molecule has 0 saturated carbocycles. The van der Waals surface area contributed by atoms with Crippen molar-refractivity contribution in [1.82, 2.24) is 15.8 Å². The second-order valence-electron chi connectivity index (χ2n) is 4.43. The Morgan fingerprint density at radius 1 is 1.30 bits per heavy atom. The molecule has 2 N–H and O–H groups in total. The Kier molecular flexibility index (Phi) is 4.57. The lowest BCUT2D eigenvalue weighted by Crippen LogP contribution is -2.46. The number of hydrazine groups is 1. The SMILES string of the molecule is O=C(CN1CCCC1=O)NNC(=O)c1cccc(Cl)c1. The molecule has 0 aromatic heterocycles. The lowest BCUT2D eigenvalue weighted by atomic mass is 10.2. The van der Waals surface area contributed by atoms with E-state index < -0.39 is 11.8 Å². The highest BCUT2D eigenvalue weighted by molar-refractivity contribution is 6.30. The molecule has 6 nitrogen and oxygen atoms in total. The Balaban J connectivity index is 1.81. The molecular formula is C13H14ClN3O3. The summed E-state index contributed by atoms with van der Waals surface area (Å²) in [7, 11) is 0. The zero-order valence-corrected chi connectivity index (χ0v) is 11.4. The normalized spacial score (nSPS) is 14.2. The minimum Gasteiger partial charge on any atom is -0.333 e. The number of benzene rings is 1. The molecule has 0 bridgehead atoms. The van der Waals surface area contributed by atoms with E-state index in [0.29, 0.717) is 23.6 Å². The summed E-state index contributed by atoms with van der Waals surface area (Å²) in [5.41, 5.74) is 4.89. The summed E-state index contributed by atoms with van der Waals surface area (Å²) >= 11 is 5.77. The number of halogens is 1. The van der Waals surface area contributed by atoms with E-state index in [1.54, 1.807) is 18.2 Å². The molecule has 0 spiro atoms. The molecule has 1 heterocycles. The van der Waals surface area contributed by atoms with Gasteiger partial charge in [-0.25, -0.2) is 0 Å². The topological polar surface area (TPSA) is 78.5 Å². The zero-order valence-electron chi connectivity index (χ0n) is 10.7. The van der Waals surface area contributed by atoms with Gasteiger partial charge < -0.3 is 4.90 Å². The van der Waals surface area contributed by atoms with Crippen LogP contribution in [0.1, 0.15) is 23.2 Å². The van der Waals surface area contributed by atoms with Gasteiger partial charge in [-0.1, -0.05) is 17.7 Å². The van der Waals surface area contributed by atoms with Crippen molar-refractivity contribution in [2.24, 2.45) is 0 Å². The van der Waals surface area contributed by atoms with Gasteiger partial charge >= 0.3 is 0 Å². The second kappa shape index (κ2) is 6.38. The molecule has 1 aromatic carbocycles. The average Bonchev–Trinajstić information content (AvgIpc) is 2.81. The molecule has 3 amide bonds. The molecule has 2 rings (SSSR count). The first-order valence-electron chi connectivity index (χ1n) is 6.19. The van der Waals surface area contributed by atoms with E-state index >= 15 is 0 Å². The van der Waals surface area contributed by atoms with E-state index in [9.17, 15) is 14.4 Å². The molecular weight excluding hydrogens is 282 g/mol. The van der Waals surface area contributed by atoms with Crippen LogP contribution in [0.3, 0.4) is 0 Å². The third-order valence-corrected chi connectivity index (χ3v) is 3.14. The molecule has 0 aliphatic carbocycles. The van der Waals surface area contributed by atoms with Gasteiger partial charge in [0.2, 0.25) is 5.91 Å². The molecule has 1 saturated heterocycles. The van der Waals surface area contributed by atoms with Crippen LogP contribution >= 0.6 is 11.6 Å². The number of rotatable bonds is 3. The maximum atomic E-state index is 11.7. The lowest BCUT2D eigenvalue weighted by molar-refractivity contribution is -0.133. The van der Waals surface area contributed by atoms with Crippen LogP contribution in [0.2, 0.25) is 5.02 Å². The molecule has 1 aliphatic heterocycles. The summed E-state index contributed by atoms with van der Waals surface area (Å²) in [5, 5.41) is 0.437. The molecule has 0 radical (unpaired) electrons. The van der Waals surface area contributed by atoms with Crippen molar-refractivity contribution in [3.63, 3.8) is 0 Å². The van der Waals surface area contributed by atoms with Crippen LogP contribution in [0.15, 0.2) is 24.3 Å². The number of nitrogens with zero attached hydrogens (tertiary/aromatic N) is 1. The fraction of sp³-hybridized carbons (Fsp3) is 0.308. The molecule has 20 heavy (non-hydrogen) atoms. The number of amides is 3. The number of carbonyl (C=O) groups is 3. The zero-order chi connectivity index (χ0) is 14.5. The Labute approximate surface area is 121 Å². The summed E-state index contributed by atoms with van der Waals surface area (Å²) in [6.45, 7) is 0.531. The van der Waals surface area contributed by atoms with Crippen molar-refractivity contribution in [3.05, 3.63) is 34.9 Å². The number of carbonyl (C=O) groups excluding carboxylic acids is 3. The highest BCUT2D eigenvalue weighted by Crippen LogP contribution is 2.10. The maximum absolute atomic E-state index is 11.7. The van der Waals surface area contributed by atoms with E-state index in [2.05, 4.69) is 10.9 Å². The van der Waals surface area contributed by atoms with Crippen molar-refractivity contribution in [3.8, 4) is 0 Å². The molecule has 0 unspecified atom stereocenters. The van der Waals surface area contributed by atoms with Crippen LogP contribution in [0.25, 0.3) is 0 Å².